The van der Waals surface area contributed by atoms with Gasteiger partial charge in [-0.2, -0.15) is 13.2 Å². The number of amides is 1. The first-order valence-corrected chi connectivity index (χ1v) is 11.1. The highest BCUT2D eigenvalue weighted by molar-refractivity contribution is 14.1. The Labute approximate surface area is 207 Å². The van der Waals surface area contributed by atoms with Gasteiger partial charge in [-0.25, -0.2) is 15.0 Å². The van der Waals surface area contributed by atoms with Crippen LogP contribution < -0.4 is 10.4 Å². The molecule has 0 saturated heterocycles. The lowest BCUT2D eigenvalue weighted by molar-refractivity contribution is -0.137. The molecule has 6 nitrogen and oxygen atoms in total. The fraction of sp³-hybridized carbons (Fsp3) is 0.0833. The van der Waals surface area contributed by atoms with Gasteiger partial charge in [-0.1, -0.05) is 23.8 Å². The molecule has 172 valence electrons. The number of alkyl halides is 3. The standard InChI is InChI=1S/C24H17F3IN5O/c1-15-8-9-18(19(11-15)21-7-2-3-10-30-21)23(34)33(32-22-20(28)13-29-14-31-22)17-6-4-5-16(12-17)24(25,26)27/h2-14H,1H3,(H,29,31,32). The van der Waals surface area contributed by atoms with E-state index in [1.165, 1.54) is 24.7 Å². The Morgan fingerprint density at radius 3 is 2.56 bits per heavy atom. The number of nitrogens with zero attached hydrogens (tertiary/aromatic N) is 4. The number of hydrogen-bond acceptors (Lipinski definition) is 5. The average Bonchev–Trinajstić information content (AvgIpc) is 2.83. The number of carbonyl (C=O) groups excluding carboxylic acids is 1. The second-order valence-corrected chi connectivity index (χ2v) is 8.45. The second kappa shape index (κ2) is 9.75. The summed E-state index contributed by atoms with van der Waals surface area (Å²) in [4.78, 5) is 26.2. The van der Waals surface area contributed by atoms with E-state index in [1.54, 1.807) is 36.5 Å². The lowest BCUT2D eigenvalue weighted by Gasteiger charge is -2.26. The minimum absolute atomic E-state index is 0.00165. The van der Waals surface area contributed by atoms with E-state index >= 15 is 0 Å². The number of pyridine rings is 1. The highest BCUT2D eigenvalue weighted by Gasteiger charge is 2.32. The number of aryl methyl sites for hydroxylation is 1. The Bertz CT molecular complexity index is 1330. The van der Waals surface area contributed by atoms with E-state index in [2.05, 4.69) is 20.4 Å². The minimum atomic E-state index is -4.57. The second-order valence-electron chi connectivity index (χ2n) is 7.28. The van der Waals surface area contributed by atoms with E-state index in [-0.39, 0.29) is 17.1 Å². The molecule has 2 aromatic heterocycles. The fourth-order valence-electron chi connectivity index (χ4n) is 3.25. The molecule has 10 heteroatoms. The fourth-order valence-corrected chi connectivity index (χ4v) is 3.67. The number of hydrazine groups is 1. The van der Waals surface area contributed by atoms with Gasteiger partial charge in [0.15, 0.2) is 5.82 Å². The molecule has 0 radical (unpaired) electrons. The lowest BCUT2D eigenvalue weighted by Crippen LogP contribution is -2.37. The van der Waals surface area contributed by atoms with Crippen molar-refractivity contribution < 1.29 is 18.0 Å². The summed E-state index contributed by atoms with van der Waals surface area (Å²) < 4.78 is 40.8. The van der Waals surface area contributed by atoms with E-state index in [0.717, 1.165) is 22.7 Å². The third-order valence-corrected chi connectivity index (χ3v) is 5.66. The van der Waals surface area contributed by atoms with E-state index in [0.29, 0.717) is 14.8 Å². The van der Waals surface area contributed by atoms with Crippen LogP contribution in [0.3, 0.4) is 0 Å². The van der Waals surface area contributed by atoms with Crippen molar-refractivity contribution in [2.45, 2.75) is 13.1 Å². The van der Waals surface area contributed by atoms with Crippen LogP contribution in [-0.4, -0.2) is 20.9 Å². The van der Waals surface area contributed by atoms with Gasteiger partial charge in [0.05, 0.1) is 26.1 Å². The Hall–Kier alpha value is -3.54. The van der Waals surface area contributed by atoms with Crippen molar-refractivity contribution in [3.05, 3.63) is 99.6 Å². The smallest absolute Gasteiger partial charge is 0.273 e. The number of carbonyl (C=O) groups is 1. The maximum atomic E-state index is 13.8. The van der Waals surface area contributed by atoms with E-state index in [9.17, 15) is 18.0 Å². The summed E-state index contributed by atoms with van der Waals surface area (Å²) >= 11 is 1.98. The number of anilines is 2. The largest absolute Gasteiger partial charge is 0.416 e. The van der Waals surface area contributed by atoms with E-state index in [4.69, 9.17) is 0 Å². The number of nitrogens with one attached hydrogen (secondary N) is 1. The number of aromatic nitrogens is 3. The molecule has 4 rings (SSSR count). The van der Waals surface area contributed by atoms with Gasteiger partial charge in [0.2, 0.25) is 0 Å². The maximum Gasteiger partial charge on any atom is 0.416 e. The summed E-state index contributed by atoms with van der Waals surface area (Å²) in [7, 11) is 0. The summed E-state index contributed by atoms with van der Waals surface area (Å²) in [5, 5.41) is 1.05. The van der Waals surface area contributed by atoms with Gasteiger partial charge in [-0.05, 0) is 72.0 Å². The molecule has 1 amide bonds. The Morgan fingerprint density at radius 2 is 1.85 bits per heavy atom. The van der Waals surface area contributed by atoms with Crippen LogP contribution in [-0.2, 0) is 6.18 Å². The molecule has 0 atom stereocenters. The molecule has 2 heterocycles. The van der Waals surface area contributed by atoms with E-state index in [1.807, 2.05) is 35.6 Å². The van der Waals surface area contributed by atoms with Crippen LogP contribution in [0, 0.1) is 10.5 Å². The topological polar surface area (TPSA) is 71.0 Å². The molecule has 0 bridgehead atoms. The van der Waals surface area contributed by atoms with Crippen molar-refractivity contribution in [3.8, 4) is 11.3 Å². The molecule has 0 aliphatic carbocycles. The van der Waals surface area contributed by atoms with Crippen LogP contribution in [0.2, 0.25) is 0 Å². The average molecular weight is 575 g/mol. The van der Waals surface area contributed by atoms with Crippen LogP contribution in [0.1, 0.15) is 21.5 Å². The van der Waals surface area contributed by atoms with Crippen LogP contribution >= 0.6 is 22.6 Å². The first-order valence-electron chi connectivity index (χ1n) is 10.00. The van der Waals surface area contributed by atoms with Crippen LogP contribution in [0.5, 0.6) is 0 Å². The van der Waals surface area contributed by atoms with Gasteiger partial charge < -0.3 is 0 Å². The molecule has 4 aromatic rings. The van der Waals surface area contributed by atoms with Gasteiger partial charge in [-0.15, -0.1) is 0 Å². The third-order valence-electron chi connectivity index (χ3n) is 4.87. The Morgan fingerprint density at radius 1 is 1.03 bits per heavy atom. The van der Waals surface area contributed by atoms with Gasteiger partial charge in [0.25, 0.3) is 5.91 Å². The molecular weight excluding hydrogens is 558 g/mol. The monoisotopic (exact) mass is 575 g/mol. The highest BCUT2D eigenvalue weighted by Crippen LogP contribution is 2.33. The summed E-state index contributed by atoms with van der Waals surface area (Å²) in [6.45, 7) is 1.88. The molecule has 0 aliphatic rings. The van der Waals surface area contributed by atoms with Crippen LogP contribution in [0.15, 0.2) is 79.4 Å². The van der Waals surface area contributed by atoms with Gasteiger partial charge in [0.1, 0.15) is 6.33 Å². The number of benzene rings is 2. The zero-order valence-corrected chi connectivity index (χ0v) is 19.9. The number of halogens is 4. The summed E-state index contributed by atoms with van der Waals surface area (Å²) in [5.41, 5.74) is 4.28. The van der Waals surface area contributed by atoms with Crippen molar-refractivity contribution in [1.82, 2.24) is 15.0 Å². The van der Waals surface area contributed by atoms with Gasteiger partial charge in [0, 0.05) is 18.0 Å². The van der Waals surface area contributed by atoms with Crippen LogP contribution in [0.4, 0.5) is 24.7 Å². The summed E-state index contributed by atoms with van der Waals surface area (Å²) in [6, 6.07) is 15.1. The van der Waals surface area contributed by atoms with Crippen molar-refractivity contribution >= 4 is 40.0 Å². The van der Waals surface area contributed by atoms with Crippen molar-refractivity contribution in [1.29, 1.82) is 0 Å². The first-order chi connectivity index (χ1) is 16.2. The molecule has 0 fully saturated rings. The normalized spacial score (nSPS) is 11.2. The van der Waals surface area contributed by atoms with Gasteiger partial charge >= 0.3 is 6.18 Å². The van der Waals surface area contributed by atoms with Crippen molar-refractivity contribution in [2.75, 3.05) is 10.4 Å². The Balaban J connectivity index is 1.85. The molecule has 0 spiro atoms. The third kappa shape index (κ3) is 5.16. The lowest BCUT2D eigenvalue weighted by atomic mass is 10.00. The zero-order valence-electron chi connectivity index (χ0n) is 17.7. The molecular formula is C24H17F3IN5O. The SMILES string of the molecule is Cc1ccc(C(=O)N(Nc2ncncc2I)c2cccc(C(F)(F)F)c2)c(-c2ccccn2)c1. The van der Waals surface area contributed by atoms with Crippen molar-refractivity contribution in [3.63, 3.8) is 0 Å². The van der Waals surface area contributed by atoms with Gasteiger partial charge in [-0.3, -0.25) is 15.2 Å². The molecule has 1 N–H and O–H groups in total. The predicted octanol–water partition coefficient (Wildman–Crippen LogP) is 6.14. The molecule has 0 aliphatic heterocycles. The van der Waals surface area contributed by atoms with E-state index < -0.39 is 17.6 Å². The number of rotatable bonds is 5. The molecule has 0 saturated carbocycles. The van der Waals surface area contributed by atoms with Crippen LogP contribution in [0.25, 0.3) is 11.3 Å². The quantitative estimate of drug-likeness (QED) is 0.229. The summed E-state index contributed by atoms with van der Waals surface area (Å²) in [6.07, 6.45) is -0.157. The minimum Gasteiger partial charge on any atom is -0.273 e. The van der Waals surface area contributed by atoms with Crippen molar-refractivity contribution in [2.24, 2.45) is 0 Å². The Kier molecular flexibility index (Phi) is 6.77. The number of hydrogen-bond donors (Lipinski definition) is 1. The zero-order chi connectivity index (χ0) is 24.3. The first kappa shape index (κ1) is 23.6. The molecule has 2 aromatic carbocycles. The summed E-state index contributed by atoms with van der Waals surface area (Å²) in [5.74, 6) is -0.303. The molecule has 34 heavy (non-hydrogen) atoms. The highest BCUT2D eigenvalue weighted by atomic mass is 127. The maximum absolute atomic E-state index is 13.8. The molecule has 0 unspecified atom stereocenters. The predicted molar refractivity (Wildman–Crippen MR) is 131 cm³/mol.